The summed E-state index contributed by atoms with van der Waals surface area (Å²) in [4.78, 5) is 32.1. The lowest BCUT2D eigenvalue weighted by atomic mass is 9.93. The van der Waals surface area contributed by atoms with Gasteiger partial charge in [-0.3, -0.25) is 9.36 Å². The molecule has 4 rings (SSSR count). The number of benzene rings is 2. The minimum Gasteiger partial charge on any atom is -0.490 e. The lowest BCUT2D eigenvalue weighted by molar-refractivity contribution is -0.139. The predicted octanol–water partition coefficient (Wildman–Crippen LogP) is 4.22. The standard InChI is InChI=1S/C30H31N3O5S/c1-6-36-24-16-20(8-13-23(24)38-15-14-31)17-25-28(34)33-27(22-11-9-21(10-12-22)18(3)4)26(29(35)37-7-2)19(5)32-30(33)39-25/h8-13,16-18,27H,6-7,15H2,1-5H3/b25-17+. The zero-order chi connectivity index (χ0) is 28.1. The number of thiazole rings is 1. The van der Waals surface area contributed by atoms with Gasteiger partial charge in [-0.1, -0.05) is 55.5 Å². The number of rotatable bonds is 9. The van der Waals surface area contributed by atoms with Crippen molar-refractivity contribution in [2.24, 2.45) is 4.99 Å². The van der Waals surface area contributed by atoms with E-state index in [1.807, 2.05) is 37.3 Å². The van der Waals surface area contributed by atoms with Crippen LogP contribution in [0.25, 0.3) is 6.08 Å². The van der Waals surface area contributed by atoms with Crippen molar-refractivity contribution in [2.45, 2.75) is 46.6 Å². The van der Waals surface area contributed by atoms with E-state index in [9.17, 15) is 9.59 Å². The Morgan fingerprint density at radius 2 is 1.87 bits per heavy atom. The van der Waals surface area contributed by atoms with E-state index < -0.39 is 12.0 Å². The maximum Gasteiger partial charge on any atom is 0.338 e. The normalized spacial score (nSPS) is 15.0. The SMILES string of the molecule is CCOC(=O)C1=C(C)N=c2s/c(=C/c3ccc(OCC#N)c(OCC)c3)c(=O)n2C1c1ccc(C(C)C)cc1. The topological polar surface area (TPSA) is 103 Å². The summed E-state index contributed by atoms with van der Waals surface area (Å²) in [6.45, 7) is 10.1. The van der Waals surface area contributed by atoms with Crippen LogP contribution in [0.15, 0.2) is 63.5 Å². The highest BCUT2D eigenvalue weighted by atomic mass is 32.1. The average Bonchev–Trinajstić information content (AvgIpc) is 3.21. The molecule has 0 amide bonds. The lowest BCUT2D eigenvalue weighted by Gasteiger charge is -2.25. The van der Waals surface area contributed by atoms with Gasteiger partial charge >= 0.3 is 5.97 Å². The number of esters is 1. The van der Waals surface area contributed by atoms with Gasteiger partial charge in [0.15, 0.2) is 22.9 Å². The molecule has 0 spiro atoms. The summed E-state index contributed by atoms with van der Waals surface area (Å²) in [6.07, 6.45) is 1.77. The van der Waals surface area contributed by atoms with Crippen LogP contribution in [0.5, 0.6) is 11.5 Å². The summed E-state index contributed by atoms with van der Waals surface area (Å²) in [5.41, 5.74) is 3.32. The fraction of sp³-hybridized carbons (Fsp3) is 0.333. The number of nitriles is 1. The highest BCUT2D eigenvalue weighted by Crippen LogP contribution is 2.32. The molecule has 2 heterocycles. The van der Waals surface area contributed by atoms with E-state index in [0.29, 0.717) is 44.6 Å². The van der Waals surface area contributed by atoms with E-state index in [1.165, 1.54) is 11.3 Å². The van der Waals surface area contributed by atoms with Gasteiger partial charge in [0.2, 0.25) is 0 Å². The number of hydrogen-bond acceptors (Lipinski definition) is 8. The van der Waals surface area contributed by atoms with Crippen LogP contribution in [0.2, 0.25) is 0 Å². The number of hydrogen-bond donors (Lipinski definition) is 0. The van der Waals surface area contributed by atoms with Crippen molar-refractivity contribution < 1.29 is 19.0 Å². The smallest absolute Gasteiger partial charge is 0.338 e. The van der Waals surface area contributed by atoms with Gasteiger partial charge < -0.3 is 14.2 Å². The van der Waals surface area contributed by atoms with Crippen molar-refractivity contribution in [3.63, 3.8) is 0 Å². The summed E-state index contributed by atoms with van der Waals surface area (Å²) < 4.78 is 18.6. The van der Waals surface area contributed by atoms with E-state index >= 15 is 0 Å². The first-order chi connectivity index (χ1) is 18.8. The van der Waals surface area contributed by atoms with Gasteiger partial charge in [0, 0.05) is 0 Å². The van der Waals surface area contributed by atoms with Gasteiger partial charge in [-0.25, -0.2) is 9.79 Å². The molecule has 0 N–H and O–H groups in total. The second-order valence-electron chi connectivity index (χ2n) is 9.21. The minimum atomic E-state index is -0.663. The second-order valence-corrected chi connectivity index (χ2v) is 10.2. The largest absolute Gasteiger partial charge is 0.490 e. The zero-order valence-electron chi connectivity index (χ0n) is 22.7. The molecule has 8 nitrogen and oxygen atoms in total. The molecule has 9 heteroatoms. The van der Waals surface area contributed by atoms with Crippen LogP contribution in [0.3, 0.4) is 0 Å². The molecule has 0 aliphatic carbocycles. The van der Waals surface area contributed by atoms with E-state index in [2.05, 4.69) is 18.8 Å². The number of allylic oxidation sites excluding steroid dienone is 1. The molecular weight excluding hydrogens is 514 g/mol. The van der Waals surface area contributed by atoms with Crippen molar-refractivity contribution in [1.29, 1.82) is 5.26 Å². The summed E-state index contributed by atoms with van der Waals surface area (Å²) >= 11 is 1.26. The third kappa shape index (κ3) is 5.81. The molecule has 1 unspecified atom stereocenters. The van der Waals surface area contributed by atoms with Crippen LogP contribution in [0.4, 0.5) is 0 Å². The molecule has 1 aromatic heterocycles. The van der Waals surface area contributed by atoms with Gasteiger partial charge in [0.1, 0.15) is 6.07 Å². The Labute approximate surface area is 231 Å². The highest BCUT2D eigenvalue weighted by Gasteiger charge is 2.33. The number of carbonyl (C=O) groups is 1. The molecule has 3 aromatic rings. The Hall–Kier alpha value is -4.16. The molecule has 1 aliphatic heterocycles. The van der Waals surface area contributed by atoms with E-state index in [1.54, 1.807) is 42.7 Å². The van der Waals surface area contributed by atoms with E-state index in [4.69, 9.17) is 19.5 Å². The number of ether oxygens (including phenoxy) is 3. The molecule has 2 aromatic carbocycles. The van der Waals surface area contributed by atoms with Crippen LogP contribution in [0.1, 0.15) is 63.3 Å². The second kappa shape index (κ2) is 12.1. The molecule has 0 fully saturated rings. The third-order valence-corrected chi connectivity index (χ3v) is 7.28. The summed E-state index contributed by atoms with van der Waals surface area (Å²) in [6, 6.07) is 14.5. The third-order valence-electron chi connectivity index (χ3n) is 6.29. The quantitative estimate of drug-likeness (QED) is 0.373. The summed E-state index contributed by atoms with van der Waals surface area (Å²) in [5, 5.41) is 8.85. The number of carbonyl (C=O) groups excluding carboxylic acids is 1. The van der Waals surface area contributed by atoms with Crippen LogP contribution in [0, 0.1) is 11.3 Å². The average molecular weight is 546 g/mol. The maximum absolute atomic E-state index is 13.8. The lowest BCUT2D eigenvalue weighted by Crippen LogP contribution is -2.39. The number of aromatic nitrogens is 1. The molecule has 1 aliphatic rings. The molecule has 39 heavy (non-hydrogen) atoms. The number of nitrogens with zero attached hydrogens (tertiary/aromatic N) is 3. The van der Waals surface area contributed by atoms with Gasteiger partial charge in [-0.15, -0.1) is 0 Å². The molecule has 0 bridgehead atoms. The van der Waals surface area contributed by atoms with Crippen molar-refractivity contribution in [3.8, 4) is 17.6 Å². The molecule has 0 saturated heterocycles. The van der Waals surface area contributed by atoms with Gasteiger partial charge in [-0.2, -0.15) is 5.26 Å². The Balaban J connectivity index is 1.87. The van der Waals surface area contributed by atoms with Crippen LogP contribution >= 0.6 is 11.3 Å². The zero-order valence-corrected chi connectivity index (χ0v) is 23.5. The monoisotopic (exact) mass is 545 g/mol. The fourth-order valence-corrected chi connectivity index (χ4v) is 5.48. The van der Waals surface area contributed by atoms with Gasteiger partial charge in [-0.05, 0) is 61.6 Å². The van der Waals surface area contributed by atoms with Crippen LogP contribution in [-0.2, 0) is 9.53 Å². The Kier molecular flexibility index (Phi) is 8.67. The Morgan fingerprint density at radius 3 is 2.51 bits per heavy atom. The fourth-order valence-electron chi connectivity index (χ4n) is 4.43. The summed E-state index contributed by atoms with van der Waals surface area (Å²) in [5.74, 6) is 0.802. The Bertz CT molecular complexity index is 1620. The maximum atomic E-state index is 13.8. The van der Waals surface area contributed by atoms with Crippen molar-refractivity contribution in [3.05, 3.63) is 90.1 Å². The molecule has 1 atom stereocenters. The first-order valence-electron chi connectivity index (χ1n) is 12.8. The number of fused-ring (bicyclic) bond motifs is 1. The first kappa shape index (κ1) is 27.9. The van der Waals surface area contributed by atoms with Gasteiger partial charge in [0.05, 0.1) is 35.1 Å². The van der Waals surface area contributed by atoms with E-state index in [-0.39, 0.29) is 18.8 Å². The predicted molar refractivity (Wildman–Crippen MR) is 150 cm³/mol. The molecular formula is C30H31N3O5S. The van der Waals surface area contributed by atoms with Crippen molar-refractivity contribution in [2.75, 3.05) is 19.8 Å². The Morgan fingerprint density at radius 1 is 1.13 bits per heavy atom. The van der Waals surface area contributed by atoms with Gasteiger partial charge in [0.25, 0.3) is 5.56 Å². The first-order valence-corrected chi connectivity index (χ1v) is 13.7. The molecule has 0 saturated carbocycles. The molecule has 0 radical (unpaired) electrons. The molecule has 202 valence electrons. The van der Waals surface area contributed by atoms with Crippen molar-refractivity contribution in [1.82, 2.24) is 4.57 Å². The van der Waals surface area contributed by atoms with Crippen LogP contribution < -0.4 is 24.4 Å². The summed E-state index contributed by atoms with van der Waals surface area (Å²) in [7, 11) is 0. The van der Waals surface area contributed by atoms with E-state index in [0.717, 1.165) is 16.7 Å². The highest BCUT2D eigenvalue weighted by molar-refractivity contribution is 7.07. The van der Waals surface area contributed by atoms with Crippen LogP contribution in [-0.4, -0.2) is 30.4 Å². The minimum absolute atomic E-state index is 0.0989. The van der Waals surface area contributed by atoms with Crippen molar-refractivity contribution >= 4 is 23.4 Å².